The number of methoxy groups -OCH3 is 1. The first-order chi connectivity index (χ1) is 15.1. The molecule has 5 rings (SSSR count). The molecule has 3 fully saturated rings. The largest absolute Gasteiger partial charge is 0.496 e. The second-order valence-corrected chi connectivity index (χ2v) is 8.49. The van der Waals surface area contributed by atoms with Crippen LogP contribution in [-0.4, -0.2) is 68.3 Å². The maximum absolute atomic E-state index is 13.5. The van der Waals surface area contributed by atoms with Crippen LogP contribution >= 0.6 is 0 Å². The standard InChI is InChI=1S/C22H20O10/c1-30-11-7-12(31-14(23)8-11)16-20(27)9-13-18(25)21(16,28)17(22(20,29)19(26)32-13)15(24)10-5-3-2-4-6-10/h2-8,13,16-18,25,27-29H,9H2,1H3/t13?,16?,17?,18-,20?,21?,22?/m0/s1. The van der Waals surface area contributed by atoms with Crippen molar-refractivity contribution >= 4 is 11.8 Å². The third-order valence-corrected chi connectivity index (χ3v) is 6.99. The number of carbonyl (C=O) groups is 2. The molecule has 10 nitrogen and oxygen atoms in total. The van der Waals surface area contributed by atoms with Gasteiger partial charge in [0.15, 0.2) is 5.78 Å². The highest BCUT2D eigenvalue weighted by Crippen LogP contribution is 2.67. The van der Waals surface area contributed by atoms with E-state index < -0.39 is 64.6 Å². The molecule has 1 aromatic carbocycles. The van der Waals surface area contributed by atoms with E-state index >= 15 is 0 Å². The second-order valence-electron chi connectivity index (χ2n) is 8.49. The Labute approximate surface area is 180 Å². The van der Waals surface area contributed by atoms with E-state index in [0.717, 1.165) is 6.07 Å². The highest BCUT2D eigenvalue weighted by Gasteiger charge is 2.88. The lowest BCUT2D eigenvalue weighted by molar-refractivity contribution is -0.252. The minimum atomic E-state index is -2.92. The van der Waals surface area contributed by atoms with Crippen molar-refractivity contribution in [1.29, 1.82) is 0 Å². The maximum Gasteiger partial charge on any atom is 0.342 e. The fourth-order valence-electron chi connectivity index (χ4n) is 5.68. The molecule has 7 atom stereocenters. The van der Waals surface area contributed by atoms with E-state index in [1.807, 2.05) is 0 Å². The molecule has 6 unspecified atom stereocenters. The van der Waals surface area contributed by atoms with E-state index in [0.29, 0.717) is 0 Å². The molecule has 0 spiro atoms. The summed E-state index contributed by atoms with van der Waals surface area (Å²) in [5.41, 5.74) is -8.89. The molecule has 2 saturated carbocycles. The zero-order valence-electron chi connectivity index (χ0n) is 16.8. The molecule has 3 bridgehead atoms. The predicted octanol–water partition coefficient (Wildman–Crippen LogP) is -0.872. The van der Waals surface area contributed by atoms with Crippen LogP contribution in [0.25, 0.3) is 0 Å². The van der Waals surface area contributed by atoms with Gasteiger partial charge in [0.2, 0.25) is 5.60 Å². The summed E-state index contributed by atoms with van der Waals surface area (Å²) in [7, 11) is 1.28. The minimum absolute atomic E-state index is 0.0218. The molecule has 4 N–H and O–H groups in total. The Bertz CT molecular complexity index is 1170. The maximum atomic E-state index is 13.5. The Balaban J connectivity index is 1.80. The van der Waals surface area contributed by atoms with E-state index in [9.17, 15) is 34.8 Å². The van der Waals surface area contributed by atoms with Crippen molar-refractivity contribution in [2.45, 2.75) is 41.3 Å². The first-order valence-corrected chi connectivity index (χ1v) is 9.93. The summed E-state index contributed by atoms with van der Waals surface area (Å²) in [6, 6.07) is 9.75. The third-order valence-electron chi connectivity index (χ3n) is 6.99. The van der Waals surface area contributed by atoms with Crippen molar-refractivity contribution < 1.29 is 43.9 Å². The lowest BCUT2D eigenvalue weighted by Gasteiger charge is -2.50. The number of aliphatic hydroxyl groups excluding tert-OH is 1. The Kier molecular flexibility index (Phi) is 4.22. The van der Waals surface area contributed by atoms with E-state index in [4.69, 9.17) is 13.9 Å². The Morgan fingerprint density at radius 1 is 1.12 bits per heavy atom. The summed E-state index contributed by atoms with van der Waals surface area (Å²) in [6.45, 7) is 0. The van der Waals surface area contributed by atoms with Gasteiger partial charge in [0, 0.05) is 18.1 Å². The second kappa shape index (κ2) is 6.48. The number of rotatable bonds is 4. The van der Waals surface area contributed by atoms with E-state index in [1.54, 1.807) is 18.2 Å². The van der Waals surface area contributed by atoms with Gasteiger partial charge in [0.25, 0.3) is 0 Å². The van der Waals surface area contributed by atoms with Gasteiger partial charge in [-0.2, -0.15) is 0 Å². The lowest BCUT2D eigenvalue weighted by atomic mass is 9.65. The fraction of sp³-hybridized carbons (Fsp3) is 0.409. The molecule has 0 amide bonds. The zero-order valence-corrected chi connectivity index (χ0v) is 16.8. The molecule has 32 heavy (non-hydrogen) atoms. The molecule has 2 aliphatic carbocycles. The summed E-state index contributed by atoms with van der Waals surface area (Å²) < 4.78 is 15.4. The van der Waals surface area contributed by atoms with Crippen LogP contribution in [0.15, 0.2) is 51.7 Å². The van der Waals surface area contributed by atoms with Gasteiger partial charge in [-0.3, -0.25) is 4.79 Å². The van der Waals surface area contributed by atoms with Crippen molar-refractivity contribution in [2.75, 3.05) is 7.11 Å². The van der Waals surface area contributed by atoms with Crippen LogP contribution in [0.4, 0.5) is 0 Å². The normalized spacial score (nSPS) is 39.6. The van der Waals surface area contributed by atoms with Gasteiger partial charge in [0.05, 0.1) is 25.0 Å². The summed E-state index contributed by atoms with van der Waals surface area (Å²) >= 11 is 0. The van der Waals surface area contributed by atoms with Gasteiger partial charge < -0.3 is 34.3 Å². The number of aliphatic hydroxyl groups is 4. The molecule has 10 heteroatoms. The molecule has 0 radical (unpaired) electrons. The molecule has 1 aromatic heterocycles. The van der Waals surface area contributed by atoms with Crippen LogP contribution in [0.5, 0.6) is 5.75 Å². The van der Waals surface area contributed by atoms with Crippen LogP contribution in [-0.2, 0) is 9.53 Å². The van der Waals surface area contributed by atoms with Gasteiger partial charge >= 0.3 is 11.6 Å². The van der Waals surface area contributed by atoms with Gasteiger partial charge in [0.1, 0.15) is 34.9 Å². The quantitative estimate of drug-likeness (QED) is 0.344. The van der Waals surface area contributed by atoms with Crippen molar-refractivity contribution in [2.24, 2.45) is 5.92 Å². The molecule has 1 saturated heterocycles. The smallest absolute Gasteiger partial charge is 0.342 e. The number of benzene rings is 1. The number of hydrogen-bond acceptors (Lipinski definition) is 10. The topological polar surface area (TPSA) is 164 Å². The van der Waals surface area contributed by atoms with Crippen LogP contribution < -0.4 is 10.4 Å². The van der Waals surface area contributed by atoms with E-state index in [1.165, 1.54) is 25.3 Å². The van der Waals surface area contributed by atoms with Gasteiger partial charge in [-0.05, 0) is 0 Å². The van der Waals surface area contributed by atoms with Crippen molar-refractivity contribution in [1.82, 2.24) is 0 Å². The molecule has 3 aliphatic rings. The number of Topliss-reactive ketones (excluding diaryl/α,β-unsaturated/α-hetero) is 1. The third kappa shape index (κ3) is 2.29. The summed E-state index contributed by atoms with van der Waals surface area (Å²) in [4.78, 5) is 38.5. The average Bonchev–Trinajstić information content (AvgIpc) is 2.87. The van der Waals surface area contributed by atoms with Crippen LogP contribution in [0.2, 0.25) is 0 Å². The summed E-state index contributed by atoms with van der Waals surface area (Å²) in [5, 5.41) is 46.1. The molecule has 2 aromatic rings. The molecular formula is C22H20O10. The lowest BCUT2D eigenvalue weighted by Crippen LogP contribution is -2.69. The molecule has 2 heterocycles. The Hall–Kier alpha value is -3.05. The number of hydrogen-bond donors (Lipinski definition) is 4. The van der Waals surface area contributed by atoms with E-state index in [2.05, 4.69) is 0 Å². The molecule has 168 valence electrons. The minimum Gasteiger partial charge on any atom is -0.496 e. The number of esters is 1. The van der Waals surface area contributed by atoms with Crippen LogP contribution in [0.1, 0.15) is 28.5 Å². The highest BCUT2D eigenvalue weighted by atomic mass is 16.6. The number of fused-ring (bicyclic) bond motifs is 2. The van der Waals surface area contributed by atoms with Gasteiger partial charge in [-0.25, -0.2) is 9.59 Å². The zero-order chi connectivity index (χ0) is 23.1. The Morgan fingerprint density at radius 2 is 1.81 bits per heavy atom. The number of ether oxygens (including phenoxy) is 2. The fourth-order valence-corrected chi connectivity index (χ4v) is 5.68. The summed E-state index contributed by atoms with van der Waals surface area (Å²) in [5.74, 6) is -6.31. The van der Waals surface area contributed by atoms with Crippen LogP contribution in [0, 0.1) is 5.92 Å². The van der Waals surface area contributed by atoms with Crippen molar-refractivity contribution in [3.63, 3.8) is 0 Å². The van der Waals surface area contributed by atoms with Crippen molar-refractivity contribution in [3.8, 4) is 5.75 Å². The highest BCUT2D eigenvalue weighted by molar-refractivity contribution is 6.05. The number of carbonyl (C=O) groups excluding carboxylic acids is 2. The summed E-state index contributed by atoms with van der Waals surface area (Å²) in [6.07, 6.45) is -3.76. The van der Waals surface area contributed by atoms with E-state index in [-0.39, 0.29) is 17.1 Å². The first-order valence-electron chi connectivity index (χ1n) is 9.93. The van der Waals surface area contributed by atoms with Gasteiger partial charge in [-0.15, -0.1) is 0 Å². The van der Waals surface area contributed by atoms with Crippen molar-refractivity contribution in [3.05, 3.63) is 64.2 Å². The predicted molar refractivity (Wildman–Crippen MR) is 104 cm³/mol. The van der Waals surface area contributed by atoms with Crippen LogP contribution in [0.3, 0.4) is 0 Å². The molecule has 1 aliphatic heterocycles. The first kappa shape index (κ1) is 20.8. The molecular weight excluding hydrogens is 424 g/mol. The monoisotopic (exact) mass is 444 g/mol. The number of ketones is 1. The average molecular weight is 444 g/mol. The van der Waals surface area contributed by atoms with Gasteiger partial charge in [-0.1, -0.05) is 30.3 Å². The SMILES string of the molecule is COc1cc(C2C3(O)C(C(=O)c4ccccc4)C4(O)C(=O)OC(CC24O)[C@@H]3O)oc(=O)c1. The Morgan fingerprint density at radius 3 is 2.47 bits per heavy atom.